The quantitative estimate of drug-likeness (QED) is 0.180. The van der Waals surface area contributed by atoms with Crippen molar-refractivity contribution < 1.29 is 39.1 Å². The van der Waals surface area contributed by atoms with Gasteiger partial charge in [-0.1, -0.05) is 12.1 Å². The number of benzene rings is 2. The van der Waals surface area contributed by atoms with Crippen molar-refractivity contribution in [3.63, 3.8) is 0 Å². The zero-order valence-electron chi connectivity index (χ0n) is 17.5. The number of hydrogen-bond acceptors (Lipinski definition) is 8. The summed E-state index contributed by atoms with van der Waals surface area (Å²) in [5, 5.41) is 30.8. The molecule has 2 aromatic rings. The van der Waals surface area contributed by atoms with Crippen LogP contribution in [0.25, 0.3) is 12.2 Å². The maximum absolute atomic E-state index is 11.7. The van der Waals surface area contributed by atoms with Gasteiger partial charge in [0.25, 0.3) is 0 Å². The molecule has 0 bridgehead atoms. The topological polar surface area (TPSA) is 135 Å². The fraction of sp³-hybridized carbons (Fsp3) is 0.217. The van der Waals surface area contributed by atoms with Crippen molar-refractivity contribution in [2.45, 2.75) is 0 Å². The molecule has 0 saturated carbocycles. The normalized spacial score (nSPS) is 11.0. The van der Waals surface area contributed by atoms with Gasteiger partial charge >= 0.3 is 5.97 Å². The molecule has 0 aliphatic carbocycles. The summed E-state index contributed by atoms with van der Waals surface area (Å²) in [6, 6.07) is 8.89. The van der Waals surface area contributed by atoms with Crippen LogP contribution in [0.3, 0.4) is 0 Å². The molecule has 0 spiro atoms. The van der Waals surface area contributed by atoms with Gasteiger partial charge in [0, 0.05) is 18.7 Å². The highest BCUT2D eigenvalue weighted by Gasteiger charge is 2.03. The van der Waals surface area contributed by atoms with Crippen LogP contribution in [0.15, 0.2) is 48.6 Å². The number of carbonyl (C=O) groups excluding carboxylic acids is 2. The Balaban J connectivity index is 1.57. The van der Waals surface area contributed by atoms with Crippen molar-refractivity contribution in [1.29, 1.82) is 0 Å². The molecule has 2 rings (SSSR count). The lowest BCUT2D eigenvalue weighted by molar-refractivity contribution is -0.139. The SMILES string of the molecule is COc1cc(/C=C/C(=O)OCCOCCNC(=O)/C=C/c2ccc(O)c(O)c2)ccc1O. The summed E-state index contributed by atoms with van der Waals surface area (Å²) in [4.78, 5) is 23.4. The molecule has 0 fully saturated rings. The molecule has 0 aromatic heterocycles. The molecule has 0 saturated heterocycles. The zero-order chi connectivity index (χ0) is 23.3. The second-order valence-corrected chi connectivity index (χ2v) is 6.42. The second-order valence-electron chi connectivity index (χ2n) is 6.42. The number of phenols is 3. The van der Waals surface area contributed by atoms with Gasteiger partial charge in [-0.2, -0.15) is 0 Å². The van der Waals surface area contributed by atoms with Crippen LogP contribution in [0, 0.1) is 0 Å². The molecular weight excluding hydrogens is 418 g/mol. The molecule has 32 heavy (non-hydrogen) atoms. The molecule has 0 atom stereocenters. The van der Waals surface area contributed by atoms with Gasteiger partial charge in [-0.25, -0.2) is 4.79 Å². The van der Waals surface area contributed by atoms with Crippen molar-refractivity contribution in [3.05, 3.63) is 59.7 Å². The highest BCUT2D eigenvalue weighted by Crippen LogP contribution is 2.27. The van der Waals surface area contributed by atoms with Crippen LogP contribution in [0.2, 0.25) is 0 Å². The number of phenolic OH excluding ortho intramolecular Hbond substituents is 3. The number of hydrogen-bond donors (Lipinski definition) is 4. The molecule has 1 amide bonds. The third-order valence-corrected chi connectivity index (χ3v) is 4.06. The van der Waals surface area contributed by atoms with Crippen LogP contribution in [-0.4, -0.2) is 60.7 Å². The van der Waals surface area contributed by atoms with Gasteiger partial charge in [-0.05, 0) is 47.5 Å². The number of esters is 1. The lowest BCUT2D eigenvalue weighted by atomic mass is 10.2. The number of nitrogens with one attached hydrogen (secondary N) is 1. The van der Waals surface area contributed by atoms with E-state index in [0.717, 1.165) is 0 Å². The molecule has 170 valence electrons. The lowest BCUT2D eigenvalue weighted by Crippen LogP contribution is -2.26. The first-order valence-corrected chi connectivity index (χ1v) is 9.66. The average molecular weight is 443 g/mol. The zero-order valence-corrected chi connectivity index (χ0v) is 17.5. The predicted molar refractivity (Wildman–Crippen MR) is 117 cm³/mol. The van der Waals surface area contributed by atoms with Crippen LogP contribution < -0.4 is 10.1 Å². The molecule has 0 unspecified atom stereocenters. The summed E-state index contributed by atoms with van der Waals surface area (Å²) < 4.78 is 15.3. The minimum atomic E-state index is -0.542. The van der Waals surface area contributed by atoms with Crippen molar-refractivity contribution in [1.82, 2.24) is 5.32 Å². The summed E-state index contributed by atoms with van der Waals surface area (Å²) >= 11 is 0. The van der Waals surface area contributed by atoms with Crippen LogP contribution in [0.1, 0.15) is 11.1 Å². The molecule has 4 N–H and O–H groups in total. The van der Waals surface area contributed by atoms with E-state index in [1.54, 1.807) is 18.2 Å². The number of amides is 1. The minimum Gasteiger partial charge on any atom is -0.504 e. The molecule has 2 aromatic carbocycles. The first-order chi connectivity index (χ1) is 15.4. The first kappa shape index (κ1) is 24.3. The highest BCUT2D eigenvalue weighted by atomic mass is 16.6. The first-order valence-electron chi connectivity index (χ1n) is 9.66. The number of ether oxygens (including phenoxy) is 3. The van der Waals surface area contributed by atoms with E-state index in [1.165, 1.54) is 49.6 Å². The molecule has 0 aliphatic rings. The number of methoxy groups -OCH3 is 1. The Morgan fingerprint density at radius 3 is 2.28 bits per heavy atom. The summed E-state index contributed by atoms with van der Waals surface area (Å²) in [5.41, 5.74) is 1.23. The van der Waals surface area contributed by atoms with Gasteiger partial charge < -0.3 is 34.8 Å². The fourth-order valence-corrected chi connectivity index (χ4v) is 2.43. The van der Waals surface area contributed by atoms with Gasteiger partial charge in [-0.3, -0.25) is 4.79 Å². The van der Waals surface area contributed by atoms with Gasteiger partial charge in [0.15, 0.2) is 23.0 Å². The third kappa shape index (κ3) is 8.41. The van der Waals surface area contributed by atoms with Crippen LogP contribution in [0.5, 0.6) is 23.0 Å². The van der Waals surface area contributed by atoms with Crippen molar-refractivity contribution in [3.8, 4) is 23.0 Å². The van der Waals surface area contributed by atoms with E-state index < -0.39 is 5.97 Å². The monoisotopic (exact) mass is 443 g/mol. The van der Waals surface area contributed by atoms with Gasteiger partial charge in [-0.15, -0.1) is 0 Å². The van der Waals surface area contributed by atoms with Crippen LogP contribution in [0.4, 0.5) is 0 Å². The summed E-state index contributed by atoms with van der Waals surface area (Å²) in [6.07, 6.45) is 5.58. The smallest absolute Gasteiger partial charge is 0.330 e. The highest BCUT2D eigenvalue weighted by molar-refractivity contribution is 5.91. The minimum absolute atomic E-state index is 0.00853. The molecule has 9 heteroatoms. The molecule has 0 heterocycles. The Hall–Kier alpha value is -3.98. The van der Waals surface area contributed by atoms with E-state index in [0.29, 0.717) is 16.9 Å². The maximum atomic E-state index is 11.7. The van der Waals surface area contributed by atoms with Gasteiger partial charge in [0.05, 0.1) is 20.3 Å². The summed E-state index contributed by atoms with van der Waals surface area (Å²) in [7, 11) is 1.43. The number of aromatic hydroxyl groups is 3. The van der Waals surface area contributed by atoms with Gasteiger partial charge in [0.1, 0.15) is 6.61 Å². The van der Waals surface area contributed by atoms with Crippen molar-refractivity contribution in [2.24, 2.45) is 0 Å². The van der Waals surface area contributed by atoms with Crippen molar-refractivity contribution >= 4 is 24.0 Å². The predicted octanol–water partition coefficient (Wildman–Crippen LogP) is 2.21. The van der Waals surface area contributed by atoms with Crippen LogP contribution in [-0.2, 0) is 19.1 Å². The Morgan fingerprint density at radius 1 is 0.875 bits per heavy atom. The van der Waals surface area contributed by atoms with E-state index in [9.17, 15) is 24.9 Å². The number of carbonyl (C=O) groups is 2. The van der Waals surface area contributed by atoms with E-state index in [4.69, 9.17) is 14.2 Å². The third-order valence-electron chi connectivity index (χ3n) is 4.06. The largest absolute Gasteiger partial charge is 0.504 e. The Morgan fingerprint density at radius 2 is 1.56 bits per heavy atom. The van der Waals surface area contributed by atoms with Crippen molar-refractivity contribution in [2.75, 3.05) is 33.5 Å². The van der Waals surface area contributed by atoms with E-state index >= 15 is 0 Å². The Bertz CT molecular complexity index is 984. The molecular formula is C23H25NO8. The molecule has 0 radical (unpaired) electrons. The second kappa shape index (κ2) is 12.7. The molecule has 9 nitrogen and oxygen atoms in total. The standard InChI is InChI=1S/C23H25NO8/c1-30-21-15-17(3-7-19(21)26)5-9-23(29)32-13-12-31-11-10-24-22(28)8-4-16-2-6-18(25)20(27)14-16/h2-9,14-15,25-27H,10-13H2,1H3,(H,24,28)/b8-4+,9-5+. The Labute approximate surface area is 185 Å². The van der Waals surface area contributed by atoms with Gasteiger partial charge in [0.2, 0.25) is 5.91 Å². The maximum Gasteiger partial charge on any atom is 0.330 e. The molecule has 0 aliphatic heterocycles. The van der Waals surface area contributed by atoms with E-state index in [-0.39, 0.29) is 49.5 Å². The lowest BCUT2D eigenvalue weighted by Gasteiger charge is -2.06. The van der Waals surface area contributed by atoms with E-state index in [1.807, 2.05) is 0 Å². The summed E-state index contributed by atoms with van der Waals surface area (Å²) in [5.74, 6) is -1.07. The summed E-state index contributed by atoms with van der Waals surface area (Å²) in [6.45, 7) is 0.728. The Kier molecular flexibility index (Phi) is 9.61. The fourth-order valence-electron chi connectivity index (χ4n) is 2.43. The van der Waals surface area contributed by atoms with Crippen LogP contribution >= 0.6 is 0 Å². The number of rotatable bonds is 11. The van der Waals surface area contributed by atoms with E-state index in [2.05, 4.69) is 5.32 Å². The average Bonchev–Trinajstić information content (AvgIpc) is 2.78.